The summed E-state index contributed by atoms with van der Waals surface area (Å²) in [6.07, 6.45) is 0. The Kier molecular flexibility index (Phi) is 2.24. The molecule has 4 heavy (non-hydrogen) atoms. The highest BCUT2D eigenvalue weighted by Crippen LogP contribution is 1.92. The molecular weight excluding hydrogens is 176 g/mol. The van der Waals surface area contributed by atoms with E-state index in [4.69, 9.17) is 0 Å². The van der Waals surface area contributed by atoms with Crippen LogP contribution in [0.3, 0.4) is 0 Å². The highest BCUT2D eigenvalue weighted by molar-refractivity contribution is 14.1. The first-order chi connectivity index (χ1) is 1.73. The van der Waals surface area contributed by atoms with Crippen LogP contribution in [0, 0.1) is 0 Å². The van der Waals surface area contributed by atoms with Crippen molar-refractivity contribution in [3.8, 4) is 0 Å². The highest BCUT2D eigenvalue weighted by Gasteiger charge is 1.98. The van der Waals surface area contributed by atoms with Gasteiger partial charge in [-0.2, -0.15) is 0 Å². The minimum Gasteiger partial charge on any atom is -0.275 e. The molecule has 0 amide bonds. The Morgan fingerprint density at radius 1 is 1.50 bits per heavy atom. The number of halogens is 3. The van der Waals surface area contributed by atoms with Crippen LogP contribution < -0.4 is 0 Å². The second-order valence-corrected chi connectivity index (χ2v) is 1.19. The normalized spacial score (nSPS) is 6.75. The van der Waals surface area contributed by atoms with Gasteiger partial charge in [0, 0.05) is 0 Å². The van der Waals surface area contributed by atoms with Crippen LogP contribution in [0.25, 0.3) is 0 Å². The molecule has 0 N–H and O–H groups in total. The third-order valence-electron chi connectivity index (χ3n) is 0. The van der Waals surface area contributed by atoms with E-state index in [1.54, 1.807) is 0 Å². The molecule has 0 saturated heterocycles. The SMILES string of the molecule is FB(F)I. The molecule has 0 heterocycles. The molecule has 0 spiro atoms. The van der Waals surface area contributed by atoms with Crippen LogP contribution in [-0.4, -0.2) is 5.12 Å². The molecule has 0 aliphatic heterocycles. The Balaban J connectivity index is 2.32. The zero-order chi connectivity index (χ0) is 3.58. The maximum atomic E-state index is 10.3. The van der Waals surface area contributed by atoms with Crippen molar-refractivity contribution in [2.75, 3.05) is 0 Å². The minimum atomic E-state index is -2.20. The molecule has 0 bridgehead atoms. The molecule has 0 aromatic carbocycles. The second kappa shape index (κ2) is 1.93. The standard InChI is InChI=1S/BF2I/c2-1(3)4. The highest BCUT2D eigenvalue weighted by atomic mass is 127. The lowest BCUT2D eigenvalue weighted by Crippen LogP contribution is -1.71. The van der Waals surface area contributed by atoms with Crippen LogP contribution in [0.2, 0.25) is 0 Å². The van der Waals surface area contributed by atoms with Crippen LogP contribution >= 0.6 is 22.4 Å². The van der Waals surface area contributed by atoms with Crippen molar-refractivity contribution >= 4 is 27.5 Å². The Hall–Kier alpha value is 0.655. The van der Waals surface area contributed by atoms with Crippen LogP contribution in [-0.2, 0) is 0 Å². The van der Waals surface area contributed by atoms with Gasteiger partial charge in [0.1, 0.15) is 0 Å². The molecule has 0 unspecified atom stereocenters. The molecule has 0 aliphatic carbocycles. The summed E-state index contributed by atoms with van der Waals surface area (Å²) in [6, 6.07) is 0. The lowest BCUT2D eigenvalue weighted by Gasteiger charge is -1.58. The molecule has 0 nitrogen and oxygen atoms in total. The van der Waals surface area contributed by atoms with Gasteiger partial charge in [-0.05, 0) is 0 Å². The molecule has 0 atom stereocenters. The molecule has 0 aliphatic rings. The predicted molar refractivity (Wildman–Crippen MR) is 22.0 cm³/mol. The van der Waals surface area contributed by atoms with Gasteiger partial charge in [0.05, 0.1) is 0 Å². The Labute approximate surface area is 36.6 Å². The van der Waals surface area contributed by atoms with E-state index in [0.29, 0.717) is 0 Å². The lowest BCUT2D eigenvalue weighted by atomic mass is 10.6. The Bertz CT molecular complexity index is 10.8. The average molecular weight is 176 g/mol. The summed E-state index contributed by atoms with van der Waals surface area (Å²) in [5.74, 6) is 0. The predicted octanol–water partition coefficient (Wildman–Crippen LogP) is 1.35. The summed E-state index contributed by atoms with van der Waals surface area (Å²) < 4.78 is 20.6. The first kappa shape index (κ1) is 4.65. The fourth-order valence-corrected chi connectivity index (χ4v) is 0. The molecule has 0 aromatic rings. The van der Waals surface area contributed by atoms with Crippen LogP contribution in [0.5, 0.6) is 0 Å². The van der Waals surface area contributed by atoms with Crippen molar-refractivity contribution in [2.24, 2.45) is 0 Å². The molecule has 24 valence electrons. The summed E-state index contributed by atoms with van der Waals surface area (Å²) in [6.45, 7) is 0. The molecule has 0 aromatic heterocycles. The molecule has 0 saturated carbocycles. The lowest BCUT2D eigenvalue weighted by molar-refractivity contribution is 0.707. The van der Waals surface area contributed by atoms with Crippen molar-refractivity contribution in [1.82, 2.24) is 0 Å². The van der Waals surface area contributed by atoms with Crippen LogP contribution in [0.1, 0.15) is 0 Å². The monoisotopic (exact) mass is 176 g/mol. The van der Waals surface area contributed by atoms with Crippen molar-refractivity contribution in [2.45, 2.75) is 0 Å². The van der Waals surface area contributed by atoms with E-state index in [1.807, 2.05) is 0 Å². The second-order valence-electron chi connectivity index (χ2n) is 0.247. The first-order valence-electron chi connectivity index (χ1n) is 0.655. The summed E-state index contributed by atoms with van der Waals surface area (Å²) in [4.78, 5) is 0. The van der Waals surface area contributed by atoms with Gasteiger partial charge in [-0.3, -0.25) is 8.63 Å². The van der Waals surface area contributed by atoms with Crippen molar-refractivity contribution in [3.05, 3.63) is 0 Å². The van der Waals surface area contributed by atoms with E-state index in [0.717, 1.165) is 22.4 Å². The molecule has 0 rings (SSSR count). The van der Waals surface area contributed by atoms with Gasteiger partial charge in [-0.25, -0.2) is 0 Å². The largest absolute Gasteiger partial charge is 0.608 e. The number of hydrogen-bond donors (Lipinski definition) is 0. The van der Waals surface area contributed by atoms with E-state index >= 15 is 0 Å². The van der Waals surface area contributed by atoms with Crippen LogP contribution in [0.15, 0.2) is 0 Å². The van der Waals surface area contributed by atoms with Gasteiger partial charge in [0.15, 0.2) is 0 Å². The van der Waals surface area contributed by atoms with Crippen LogP contribution in [0.4, 0.5) is 8.63 Å². The Morgan fingerprint density at radius 2 is 1.50 bits per heavy atom. The molecule has 0 radical (unpaired) electrons. The summed E-state index contributed by atoms with van der Waals surface area (Å²) in [7, 11) is 0. The summed E-state index contributed by atoms with van der Waals surface area (Å²) in [5.41, 5.74) is 0. The van der Waals surface area contributed by atoms with Crippen molar-refractivity contribution in [1.29, 1.82) is 0 Å². The van der Waals surface area contributed by atoms with Gasteiger partial charge in [-0.15, -0.1) is 0 Å². The topological polar surface area (TPSA) is 0 Å². The van der Waals surface area contributed by atoms with E-state index < -0.39 is 5.12 Å². The van der Waals surface area contributed by atoms with E-state index in [2.05, 4.69) is 0 Å². The van der Waals surface area contributed by atoms with E-state index in [-0.39, 0.29) is 0 Å². The summed E-state index contributed by atoms with van der Waals surface area (Å²) >= 11 is 1.01. The third-order valence-corrected chi connectivity index (χ3v) is 0. The minimum absolute atomic E-state index is 1.01. The Morgan fingerprint density at radius 3 is 1.50 bits per heavy atom. The molecular formula is BF2I. The van der Waals surface area contributed by atoms with Gasteiger partial charge in [-0.1, -0.05) is 22.4 Å². The molecule has 4 heteroatoms. The van der Waals surface area contributed by atoms with Gasteiger partial charge in [0.25, 0.3) is 0 Å². The molecule has 0 fully saturated rings. The summed E-state index contributed by atoms with van der Waals surface area (Å²) in [5, 5.41) is -2.20. The number of hydrogen-bond acceptors (Lipinski definition) is 0. The zero-order valence-corrected chi connectivity index (χ0v) is 3.87. The zero-order valence-electron chi connectivity index (χ0n) is 1.71. The number of rotatable bonds is 0. The fourth-order valence-electron chi connectivity index (χ4n) is 0. The first-order valence-corrected chi connectivity index (χ1v) is 1.90. The van der Waals surface area contributed by atoms with Crippen molar-refractivity contribution in [3.63, 3.8) is 0 Å². The van der Waals surface area contributed by atoms with Gasteiger partial charge >= 0.3 is 5.12 Å². The maximum Gasteiger partial charge on any atom is 0.608 e. The smallest absolute Gasteiger partial charge is 0.275 e. The van der Waals surface area contributed by atoms with E-state index in [9.17, 15) is 8.63 Å². The van der Waals surface area contributed by atoms with E-state index in [1.165, 1.54) is 0 Å². The van der Waals surface area contributed by atoms with Crippen molar-refractivity contribution < 1.29 is 8.63 Å². The average Bonchev–Trinajstić information content (AvgIpc) is 0.811. The maximum absolute atomic E-state index is 10.3. The quantitative estimate of drug-likeness (QED) is 0.385. The van der Waals surface area contributed by atoms with Gasteiger partial charge in [0.2, 0.25) is 0 Å². The third kappa shape index (κ3) is 17.0. The van der Waals surface area contributed by atoms with Gasteiger partial charge < -0.3 is 0 Å². The fraction of sp³-hybridized carbons (Fsp3) is 0.